The van der Waals surface area contributed by atoms with E-state index in [-0.39, 0.29) is 11.8 Å². The van der Waals surface area contributed by atoms with E-state index in [4.69, 9.17) is 10.5 Å². The van der Waals surface area contributed by atoms with Gasteiger partial charge in [-0.05, 0) is 38.1 Å². The third kappa shape index (κ3) is 5.04. The predicted molar refractivity (Wildman–Crippen MR) is 68.6 cm³/mol. The second kappa shape index (κ2) is 7.67. The van der Waals surface area contributed by atoms with Crippen molar-refractivity contribution in [2.45, 2.75) is 32.6 Å². The van der Waals surface area contributed by atoms with Gasteiger partial charge in [-0.1, -0.05) is 6.92 Å². The Hall–Kier alpha value is -0.610. The zero-order chi connectivity index (χ0) is 12.7. The van der Waals surface area contributed by atoms with Gasteiger partial charge in [-0.3, -0.25) is 4.79 Å². The predicted octanol–water partition coefficient (Wildman–Crippen LogP) is 1.25. The first-order valence-corrected chi connectivity index (χ1v) is 6.68. The number of carbonyl (C=O) groups excluding carboxylic acids is 1. The van der Waals surface area contributed by atoms with E-state index < -0.39 is 0 Å². The minimum absolute atomic E-state index is 0.0908. The van der Waals surface area contributed by atoms with Gasteiger partial charge in [0.1, 0.15) is 0 Å². The van der Waals surface area contributed by atoms with Crippen molar-refractivity contribution in [1.82, 2.24) is 4.90 Å². The van der Waals surface area contributed by atoms with Crippen molar-refractivity contribution >= 4 is 5.91 Å². The summed E-state index contributed by atoms with van der Waals surface area (Å²) >= 11 is 0. The summed E-state index contributed by atoms with van der Waals surface area (Å²) < 4.78 is 5.43. The maximum absolute atomic E-state index is 12.1. The molecule has 2 atom stereocenters. The molecular weight excluding hydrogens is 216 g/mol. The summed E-state index contributed by atoms with van der Waals surface area (Å²) in [6.07, 6.45) is 4.11. The average molecular weight is 242 g/mol. The highest BCUT2D eigenvalue weighted by atomic mass is 16.5. The fourth-order valence-electron chi connectivity index (χ4n) is 2.35. The van der Waals surface area contributed by atoms with Gasteiger partial charge in [-0.15, -0.1) is 0 Å². The zero-order valence-corrected chi connectivity index (χ0v) is 11.2. The van der Waals surface area contributed by atoms with E-state index in [0.29, 0.717) is 12.5 Å². The van der Waals surface area contributed by atoms with E-state index >= 15 is 0 Å². The second-order valence-electron chi connectivity index (χ2n) is 5.13. The Morgan fingerprint density at radius 3 is 2.94 bits per heavy atom. The van der Waals surface area contributed by atoms with Gasteiger partial charge in [0.25, 0.3) is 0 Å². The molecule has 4 heteroatoms. The van der Waals surface area contributed by atoms with E-state index in [1.54, 1.807) is 0 Å². The second-order valence-corrected chi connectivity index (χ2v) is 5.13. The number of rotatable bonds is 6. The van der Waals surface area contributed by atoms with Gasteiger partial charge in [0, 0.05) is 26.1 Å². The molecule has 0 bridgehead atoms. The molecule has 0 radical (unpaired) electrons. The largest absolute Gasteiger partial charge is 0.381 e. The third-order valence-electron chi connectivity index (χ3n) is 3.43. The maximum atomic E-state index is 12.1. The van der Waals surface area contributed by atoms with Crippen LogP contribution < -0.4 is 5.73 Å². The fourth-order valence-corrected chi connectivity index (χ4v) is 2.35. The minimum atomic E-state index is 0.0908. The number of nitrogens with zero attached hydrogens (tertiary/aromatic N) is 1. The molecule has 1 amide bonds. The number of amides is 1. The fraction of sp³-hybridized carbons (Fsp3) is 0.923. The number of ether oxygens (including phenoxy) is 1. The Morgan fingerprint density at radius 1 is 1.59 bits per heavy atom. The first-order valence-electron chi connectivity index (χ1n) is 6.68. The van der Waals surface area contributed by atoms with Crippen molar-refractivity contribution in [3.63, 3.8) is 0 Å². The summed E-state index contributed by atoms with van der Waals surface area (Å²) in [6.45, 7) is 5.16. The highest BCUT2D eigenvalue weighted by molar-refractivity contribution is 5.78. The molecular formula is C13H26N2O2. The van der Waals surface area contributed by atoms with Crippen molar-refractivity contribution in [3.8, 4) is 0 Å². The summed E-state index contributed by atoms with van der Waals surface area (Å²) in [5, 5.41) is 0. The van der Waals surface area contributed by atoms with E-state index in [9.17, 15) is 4.79 Å². The normalized spacial score (nSPS) is 22.2. The SMILES string of the molecule is CC(CCCN)C(=O)N(C)CC1CCCOC1. The van der Waals surface area contributed by atoms with Crippen LogP contribution in [0.1, 0.15) is 32.6 Å². The van der Waals surface area contributed by atoms with E-state index in [1.807, 2.05) is 18.9 Å². The topological polar surface area (TPSA) is 55.6 Å². The Kier molecular flexibility index (Phi) is 6.52. The van der Waals surface area contributed by atoms with Crippen LogP contribution in [0.2, 0.25) is 0 Å². The molecule has 100 valence electrons. The molecule has 1 saturated heterocycles. The molecule has 0 aromatic rings. The lowest BCUT2D eigenvalue weighted by Gasteiger charge is -2.28. The molecule has 2 unspecified atom stereocenters. The highest BCUT2D eigenvalue weighted by Crippen LogP contribution is 2.16. The first kappa shape index (κ1) is 14.5. The molecule has 0 saturated carbocycles. The lowest BCUT2D eigenvalue weighted by atomic mass is 10.00. The zero-order valence-electron chi connectivity index (χ0n) is 11.2. The van der Waals surface area contributed by atoms with Gasteiger partial charge in [0.2, 0.25) is 5.91 Å². The standard InChI is InChI=1S/C13H26N2O2/c1-11(5-3-7-14)13(16)15(2)9-12-6-4-8-17-10-12/h11-12H,3-10,14H2,1-2H3. The number of hydrogen-bond acceptors (Lipinski definition) is 3. The molecule has 0 aromatic heterocycles. The van der Waals surface area contributed by atoms with Crippen molar-refractivity contribution in [1.29, 1.82) is 0 Å². The molecule has 17 heavy (non-hydrogen) atoms. The van der Waals surface area contributed by atoms with E-state index in [2.05, 4.69) is 0 Å². The summed E-state index contributed by atoms with van der Waals surface area (Å²) in [5.74, 6) is 0.844. The third-order valence-corrected chi connectivity index (χ3v) is 3.43. The van der Waals surface area contributed by atoms with Gasteiger partial charge in [-0.2, -0.15) is 0 Å². The Morgan fingerprint density at radius 2 is 2.35 bits per heavy atom. The van der Waals surface area contributed by atoms with Crippen LogP contribution in [-0.2, 0) is 9.53 Å². The minimum Gasteiger partial charge on any atom is -0.381 e. The van der Waals surface area contributed by atoms with Crippen LogP contribution in [0.4, 0.5) is 0 Å². The van der Waals surface area contributed by atoms with Crippen LogP contribution in [0.3, 0.4) is 0 Å². The molecule has 0 aromatic carbocycles. The van der Waals surface area contributed by atoms with Gasteiger partial charge < -0.3 is 15.4 Å². The van der Waals surface area contributed by atoms with Crippen LogP contribution in [-0.4, -0.2) is 44.2 Å². The van der Waals surface area contributed by atoms with Gasteiger partial charge in [-0.25, -0.2) is 0 Å². The Labute approximate surface area is 104 Å². The number of nitrogens with two attached hydrogens (primary N) is 1. The lowest BCUT2D eigenvalue weighted by Crippen LogP contribution is -2.38. The summed E-state index contributed by atoms with van der Waals surface area (Å²) in [4.78, 5) is 13.9. The summed E-state index contributed by atoms with van der Waals surface area (Å²) in [6, 6.07) is 0. The highest BCUT2D eigenvalue weighted by Gasteiger charge is 2.21. The van der Waals surface area contributed by atoms with Crippen molar-refractivity contribution in [3.05, 3.63) is 0 Å². The van der Waals surface area contributed by atoms with Crippen molar-refractivity contribution in [2.24, 2.45) is 17.6 Å². The van der Waals surface area contributed by atoms with Crippen LogP contribution in [0.25, 0.3) is 0 Å². The van der Waals surface area contributed by atoms with Gasteiger partial charge >= 0.3 is 0 Å². The smallest absolute Gasteiger partial charge is 0.225 e. The molecule has 1 aliphatic heterocycles. The molecule has 0 spiro atoms. The molecule has 1 aliphatic rings. The lowest BCUT2D eigenvalue weighted by molar-refractivity contribution is -0.135. The Bertz CT molecular complexity index is 227. The Balaban J connectivity index is 2.29. The summed E-state index contributed by atoms with van der Waals surface area (Å²) in [7, 11) is 1.90. The molecule has 1 heterocycles. The monoisotopic (exact) mass is 242 g/mol. The van der Waals surface area contributed by atoms with Crippen molar-refractivity contribution < 1.29 is 9.53 Å². The average Bonchev–Trinajstić information content (AvgIpc) is 2.36. The first-order chi connectivity index (χ1) is 8.15. The number of hydrogen-bond donors (Lipinski definition) is 1. The van der Waals surface area contributed by atoms with Crippen LogP contribution in [0.5, 0.6) is 0 Å². The number of carbonyl (C=O) groups is 1. The molecule has 2 N–H and O–H groups in total. The maximum Gasteiger partial charge on any atom is 0.225 e. The summed E-state index contributed by atoms with van der Waals surface area (Å²) in [5.41, 5.74) is 5.46. The molecule has 1 rings (SSSR count). The van der Waals surface area contributed by atoms with E-state index in [0.717, 1.165) is 39.0 Å². The van der Waals surface area contributed by atoms with E-state index in [1.165, 1.54) is 6.42 Å². The molecule has 1 fully saturated rings. The van der Waals surface area contributed by atoms with Gasteiger partial charge in [0.15, 0.2) is 0 Å². The molecule has 4 nitrogen and oxygen atoms in total. The van der Waals surface area contributed by atoms with Crippen LogP contribution >= 0.6 is 0 Å². The van der Waals surface area contributed by atoms with Crippen molar-refractivity contribution in [2.75, 3.05) is 33.4 Å². The van der Waals surface area contributed by atoms with Crippen LogP contribution in [0, 0.1) is 11.8 Å². The van der Waals surface area contributed by atoms with Gasteiger partial charge in [0.05, 0.1) is 6.61 Å². The quantitative estimate of drug-likeness (QED) is 0.762. The van der Waals surface area contributed by atoms with Crippen LogP contribution in [0.15, 0.2) is 0 Å². The molecule has 0 aliphatic carbocycles.